The van der Waals surface area contributed by atoms with Crippen molar-refractivity contribution in [3.8, 4) is 0 Å². The van der Waals surface area contributed by atoms with E-state index in [0.29, 0.717) is 6.61 Å². The summed E-state index contributed by atoms with van der Waals surface area (Å²) in [7, 11) is 0. The minimum Gasteiger partial charge on any atom is -0.366 e. The van der Waals surface area contributed by atoms with Gasteiger partial charge in [-0.3, -0.25) is 4.79 Å². The summed E-state index contributed by atoms with van der Waals surface area (Å²) in [6, 6.07) is 0. The molecule has 0 fully saturated rings. The van der Waals surface area contributed by atoms with E-state index in [1.807, 2.05) is 39.5 Å². The van der Waals surface area contributed by atoms with Gasteiger partial charge < -0.3 is 4.74 Å². The van der Waals surface area contributed by atoms with Gasteiger partial charge in [-0.05, 0) is 40.5 Å². The molecule has 0 heterocycles. The Hall–Kier alpha value is -0.0200. The Morgan fingerprint density at radius 3 is 1.95 bits per heavy atom. The molecule has 0 saturated heterocycles. The number of hydrogen-bond acceptors (Lipinski definition) is 3. The maximum absolute atomic E-state index is 12.3. The maximum Gasteiger partial charge on any atom is 0.166 e. The van der Waals surface area contributed by atoms with Gasteiger partial charge in [0.05, 0.1) is 6.61 Å². The molecule has 0 rings (SSSR count). The second-order valence-electron chi connectivity index (χ2n) is 7.45. The van der Waals surface area contributed by atoms with Gasteiger partial charge in [0.15, 0.2) is 5.78 Å². The van der Waals surface area contributed by atoms with Crippen molar-refractivity contribution >= 4 is 17.5 Å². The zero-order chi connectivity index (χ0) is 16.2. The van der Waals surface area contributed by atoms with Crippen molar-refractivity contribution in [1.29, 1.82) is 0 Å². The fourth-order valence-electron chi connectivity index (χ4n) is 2.05. The summed E-state index contributed by atoms with van der Waals surface area (Å²) in [5.41, 5.74) is -0.691. The minimum atomic E-state index is -0.691. The Bertz CT molecular complexity index is 319. The largest absolute Gasteiger partial charge is 0.366 e. The van der Waals surface area contributed by atoms with Crippen molar-refractivity contribution in [1.82, 2.24) is 0 Å². The summed E-state index contributed by atoms with van der Waals surface area (Å²) < 4.78 is 6.24. The van der Waals surface area contributed by atoms with Crippen LogP contribution in [0, 0.1) is 5.92 Å². The molecular weight excluding hydrogens is 268 g/mol. The smallest absolute Gasteiger partial charge is 0.166 e. The van der Waals surface area contributed by atoms with Crippen molar-refractivity contribution in [2.75, 3.05) is 6.61 Å². The van der Waals surface area contributed by atoms with E-state index in [0.717, 1.165) is 12.8 Å². The standard InChI is InChI=1S/C17H34O2S/c1-10-13(3)14(18)17(8,9)19-12-16(6,7)20-15(4,5)11-2/h13H,10-12H2,1-9H3. The van der Waals surface area contributed by atoms with Gasteiger partial charge in [0.2, 0.25) is 0 Å². The van der Waals surface area contributed by atoms with Gasteiger partial charge in [0.25, 0.3) is 0 Å². The third kappa shape index (κ3) is 6.62. The van der Waals surface area contributed by atoms with Crippen LogP contribution in [0.15, 0.2) is 0 Å². The zero-order valence-corrected chi connectivity index (χ0v) is 15.7. The normalized spacial score (nSPS) is 15.2. The molecule has 1 unspecified atom stereocenters. The summed E-state index contributed by atoms with van der Waals surface area (Å²) >= 11 is 1.93. The molecule has 0 radical (unpaired) electrons. The number of ether oxygens (including phenoxy) is 1. The highest BCUT2D eigenvalue weighted by Gasteiger charge is 2.35. The number of carbonyl (C=O) groups excluding carboxylic acids is 1. The van der Waals surface area contributed by atoms with Crippen LogP contribution < -0.4 is 0 Å². The lowest BCUT2D eigenvalue weighted by atomic mass is 9.91. The molecule has 0 amide bonds. The van der Waals surface area contributed by atoms with Crippen LogP contribution in [-0.4, -0.2) is 27.5 Å². The summed E-state index contributed by atoms with van der Waals surface area (Å²) in [6.45, 7) is 19.5. The fourth-order valence-corrected chi connectivity index (χ4v) is 3.81. The summed E-state index contributed by atoms with van der Waals surface area (Å²) in [5.74, 6) is 0.267. The van der Waals surface area contributed by atoms with Gasteiger partial charge in [0.1, 0.15) is 5.60 Å². The Balaban J connectivity index is 4.63. The van der Waals surface area contributed by atoms with Crippen LogP contribution in [0.1, 0.15) is 75.2 Å². The quantitative estimate of drug-likeness (QED) is 0.593. The molecule has 0 saturated carbocycles. The molecular formula is C17H34O2S. The van der Waals surface area contributed by atoms with Gasteiger partial charge in [-0.2, -0.15) is 0 Å². The Kier molecular flexibility index (Phi) is 7.30. The van der Waals surface area contributed by atoms with Gasteiger partial charge in [-0.15, -0.1) is 11.8 Å². The Morgan fingerprint density at radius 2 is 1.55 bits per heavy atom. The number of Topliss-reactive ketones (excluding diaryl/α,β-unsaturated/α-hetero) is 1. The Morgan fingerprint density at radius 1 is 1.05 bits per heavy atom. The second kappa shape index (κ2) is 7.31. The zero-order valence-electron chi connectivity index (χ0n) is 14.9. The van der Waals surface area contributed by atoms with Gasteiger partial charge in [-0.25, -0.2) is 0 Å². The number of carbonyl (C=O) groups is 1. The monoisotopic (exact) mass is 302 g/mol. The highest BCUT2D eigenvalue weighted by atomic mass is 32.2. The van der Waals surface area contributed by atoms with Crippen molar-refractivity contribution < 1.29 is 9.53 Å². The molecule has 0 aliphatic heterocycles. The molecule has 20 heavy (non-hydrogen) atoms. The van der Waals surface area contributed by atoms with Crippen LogP contribution in [-0.2, 0) is 9.53 Å². The first-order valence-electron chi connectivity index (χ1n) is 7.75. The van der Waals surface area contributed by atoms with Crippen LogP contribution >= 0.6 is 11.8 Å². The van der Waals surface area contributed by atoms with E-state index in [1.54, 1.807) is 0 Å². The molecule has 0 bridgehead atoms. The summed E-state index contributed by atoms with van der Waals surface area (Å²) in [6.07, 6.45) is 1.99. The SMILES string of the molecule is CCC(C)C(=O)C(C)(C)OCC(C)(C)SC(C)(C)CC. The first-order chi connectivity index (χ1) is 8.87. The molecule has 1 atom stereocenters. The van der Waals surface area contributed by atoms with Crippen LogP contribution in [0.3, 0.4) is 0 Å². The van der Waals surface area contributed by atoms with Crippen molar-refractivity contribution in [3.05, 3.63) is 0 Å². The molecule has 2 nitrogen and oxygen atoms in total. The first kappa shape index (κ1) is 20.0. The minimum absolute atomic E-state index is 0.00646. The van der Waals surface area contributed by atoms with Crippen LogP contribution in [0.25, 0.3) is 0 Å². The van der Waals surface area contributed by atoms with Crippen molar-refractivity contribution in [2.45, 2.75) is 90.3 Å². The fraction of sp³-hybridized carbons (Fsp3) is 0.941. The van der Waals surface area contributed by atoms with E-state index in [-0.39, 0.29) is 21.2 Å². The average molecular weight is 303 g/mol. The highest BCUT2D eigenvalue weighted by molar-refractivity contribution is 8.01. The van der Waals surface area contributed by atoms with E-state index >= 15 is 0 Å². The van der Waals surface area contributed by atoms with Gasteiger partial charge in [0, 0.05) is 15.4 Å². The lowest BCUT2D eigenvalue weighted by molar-refractivity contribution is -0.144. The van der Waals surface area contributed by atoms with E-state index in [4.69, 9.17) is 4.74 Å². The van der Waals surface area contributed by atoms with Gasteiger partial charge >= 0.3 is 0 Å². The molecule has 0 aliphatic rings. The van der Waals surface area contributed by atoms with Crippen molar-refractivity contribution in [3.63, 3.8) is 0 Å². The third-order valence-electron chi connectivity index (χ3n) is 3.84. The van der Waals surface area contributed by atoms with Crippen LogP contribution in [0.5, 0.6) is 0 Å². The average Bonchev–Trinajstić information content (AvgIpc) is 2.33. The third-order valence-corrected chi connectivity index (χ3v) is 5.35. The lowest BCUT2D eigenvalue weighted by Crippen LogP contribution is -2.42. The Labute approximate surface area is 130 Å². The molecule has 0 spiro atoms. The van der Waals surface area contributed by atoms with E-state index in [2.05, 4.69) is 34.6 Å². The van der Waals surface area contributed by atoms with Crippen LogP contribution in [0.2, 0.25) is 0 Å². The van der Waals surface area contributed by atoms with Crippen LogP contribution in [0.4, 0.5) is 0 Å². The number of ketones is 1. The predicted molar refractivity (Wildman–Crippen MR) is 90.5 cm³/mol. The number of rotatable bonds is 9. The van der Waals surface area contributed by atoms with Crippen molar-refractivity contribution in [2.24, 2.45) is 5.92 Å². The first-order valence-corrected chi connectivity index (χ1v) is 8.57. The number of thioether (sulfide) groups is 1. The number of hydrogen-bond donors (Lipinski definition) is 0. The predicted octanol–water partition coefficient (Wildman–Crippen LogP) is 5.10. The maximum atomic E-state index is 12.3. The molecule has 0 N–H and O–H groups in total. The summed E-state index contributed by atoms with van der Waals surface area (Å²) in [4.78, 5) is 12.3. The lowest BCUT2D eigenvalue weighted by Gasteiger charge is -2.36. The molecule has 120 valence electrons. The molecule has 0 aromatic heterocycles. The van der Waals surface area contributed by atoms with E-state index < -0.39 is 5.60 Å². The van der Waals surface area contributed by atoms with E-state index in [9.17, 15) is 4.79 Å². The topological polar surface area (TPSA) is 26.3 Å². The molecule has 3 heteroatoms. The second-order valence-corrected chi connectivity index (χ2v) is 9.86. The summed E-state index contributed by atoms with van der Waals surface area (Å²) in [5, 5.41) is 0. The molecule has 0 aromatic carbocycles. The van der Waals surface area contributed by atoms with Gasteiger partial charge in [-0.1, -0.05) is 34.6 Å². The van der Waals surface area contributed by atoms with E-state index in [1.165, 1.54) is 0 Å². The molecule has 0 aromatic rings. The molecule has 0 aliphatic carbocycles. The highest BCUT2D eigenvalue weighted by Crippen LogP contribution is 2.39.